The summed E-state index contributed by atoms with van der Waals surface area (Å²) in [7, 11) is 0. The maximum Gasteiger partial charge on any atom is 0.330 e. The second-order valence-corrected chi connectivity index (χ2v) is 2.92. The minimum absolute atomic E-state index is 0.110. The molecule has 0 aromatic carbocycles. The number of aliphatic carboxylic acids is 1. The van der Waals surface area contributed by atoms with Crippen LogP contribution in [0, 0.1) is 11.8 Å². The van der Waals surface area contributed by atoms with Crippen LogP contribution in [0.3, 0.4) is 0 Å². The van der Waals surface area contributed by atoms with E-state index in [4.69, 9.17) is 5.11 Å². The first kappa shape index (κ1) is 11.5. The molecular formula is C9H13NO3. The average Bonchev–Trinajstić information content (AvgIpc) is 1.99. The molecule has 0 bridgehead atoms. The van der Waals surface area contributed by atoms with E-state index < -0.39 is 11.5 Å². The summed E-state index contributed by atoms with van der Waals surface area (Å²) in [6, 6.07) is 0. The van der Waals surface area contributed by atoms with Gasteiger partial charge in [-0.2, -0.15) is 0 Å². The number of carbonyl (C=O) groups is 2. The second kappa shape index (κ2) is 4.51. The first-order valence-electron chi connectivity index (χ1n) is 3.84. The SMILES string of the molecule is CC#CCC(C)(NC(C)=O)C(=O)O. The molecule has 0 heterocycles. The molecule has 4 heteroatoms. The van der Waals surface area contributed by atoms with Crippen LogP contribution in [-0.2, 0) is 9.59 Å². The van der Waals surface area contributed by atoms with Crippen LogP contribution in [0.2, 0.25) is 0 Å². The van der Waals surface area contributed by atoms with E-state index in [0.29, 0.717) is 0 Å². The minimum Gasteiger partial charge on any atom is -0.479 e. The van der Waals surface area contributed by atoms with Crippen molar-refractivity contribution in [2.75, 3.05) is 0 Å². The largest absolute Gasteiger partial charge is 0.479 e. The molecule has 0 rings (SSSR count). The maximum atomic E-state index is 10.8. The van der Waals surface area contributed by atoms with Gasteiger partial charge >= 0.3 is 5.97 Å². The van der Waals surface area contributed by atoms with Crippen molar-refractivity contribution >= 4 is 11.9 Å². The molecule has 13 heavy (non-hydrogen) atoms. The quantitative estimate of drug-likeness (QED) is 0.621. The van der Waals surface area contributed by atoms with Crippen LogP contribution < -0.4 is 5.32 Å². The van der Waals surface area contributed by atoms with Crippen molar-refractivity contribution in [2.24, 2.45) is 0 Å². The van der Waals surface area contributed by atoms with Crippen molar-refractivity contribution in [3.05, 3.63) is 0 Å². The van der Waals surface area contributed by atoms with Crippen LogP contribution in [0.4, 0.5) is 0 Å². The normalized spacial score (nSPS) is 13.5. The van der Waals surface area contributed by atoms with Gasteiger partial charge in [-0.1, -0.05) is 0 Å². The average molecular weight is 183 g/mol. The highest BCUT2D eigenvalue weighted by Crippen LogP contribution is 2.08. The van der Waals surface area contributed by atoms with E-state index in [-0.39, 0.29) is 12.3 Å². The highest BCUT2D eigenvalue weighted by molar-refractivity contribution is 5.85. The van der Waals surface area contributed by atoms with E-state index in [1.54, 1.807) is 6.92 Å². The van der Waals surface area contributed by atoms with Crippen molar-refractivity contribution in [1.82, 2.24) is 5.32 Å². The van der Waals surface area contributed by atoms with Crippen molar-refractivity contribution in [3.63, 3.8) is 0 Å². The first-order valence-corrected chi connectivity index (χ1v) is 3.84. The number of hydrogen-bond acceptors (Lipinski definition) is 2. The Kier molecular flexibility index (Phi) is 3.99. The number of carboxylic acids is 1. The molecule has 1 unspecified atom stereocenters. The zero-order valence-corrected chi connectivity index (χ0v) is 7.97. The Morgan fingerprint density at radius 3 is 2.38 bits per heavy atom. The molecule has 0 aromatic heterocycles. The lowest BCUT2D eigenvalue weighted by Gasteiger charge is -2.22. The summed E-state index contributed by atoms with van der Waals surface area (Å²) in [5, 5.41) is 11.2. The Hall–Kier alpha value is -1.50. The molecule has 2 N–H and O–H groups in total. The van der Waals surface area contributed by atoms with Gasteiger partial charge in [-0.15, -0.1) is 11.8 Å². The van der Waals surface area contributed by atoms with Gasteiger partial charge in [0.05, 0.1) is 0 Å². The zero-order chi connectivity index (χ0) is 10.5. The molecule has 0 aliphatic rings. The topological polar surface area (TPSA) is 66.4 Å². The highest BCUT2D eigenvalue weighted by atomic mass is 16.4. The zero-order valence-electron chi connectivity index (χ0n) is 7.97. The molecule has 0 aliphatic carbocycles. The van der Waals surface area contributed by atoms with Gasteiger partial charge in [0.2, 0.25) is 5.91 Å². The summed E-state index contributed by atoms with van der Waals surface area (Å²) in [5.74, 6) is 3.77. The predicted octanol–water partition coefficient (Wildman–Crippen LogP) is 0.379. The van der Waals surface area contributed by atoms with Crippen LogP contribution in [0.15, 0.2) is 0 Å². The van der Waals surface area contributed by atoms with Crippen molar-refractivity contribution in [3.8, 4) is 11.8 Å². The van der Waals surface area contributed by atoms with E-state index in [0.717, 1.165) is 0 Å². The van der Waals surface area contributed by atoms with E-state index in [2.05, 4.69) is 17.2 Å². The fraction of sp³-hybridized carbons (Fsp3) is 0.556. The Labute approximate surface area is 77.3 Å². The third-order valence-corrected chi connectivity index (χ3v) is 1.54. The van der Waals surface area contributed by atoms with E-state index in [9.17, 15) is 9.59 Å². The van der Waals surface area contributed by atoms with E-state index in [1.807, 2.05) is 0 Å². The molecule has 0 saturated carbocycles. The van der Waals surface area contributed by atoms with Crippen molar-refractivity contribution in [2.45, 2.75) is 32.7 Å². The van der Waals surface area contributed by atoms with Gasteiger partial charge in [-0.25, -0.2) is 4.79 Å². The van der Waals surface area contributed by atoms with Gasteiger partial charge in [-0.3, -0.25) is 4.79 Å². The molecule has 4 nitrogen and oxygen atoms in total. The second-order valence-electron chi connectivity index (χ2n) is 2.92. The van der Waals surface area contributed by atoms with E-state index >= 15 is 0 Å². The van der Waals surface area contributed by atoms with Crippen LogP contribution in [0.1, 0.15) is 27.2 Å². The Morgan fingerprint density at radius 2 is 2.08 bits per heavy atom. The van der Waals surface area contributed by atoms with Gasteiger partial charge in [0.15, 0.2) is 0 Å². The number of nitrogens with one attached hydrogen (secondary N) is 1. The summed E-state index contributed by atoms with van der Waals surface area (Å²) >= 11 is 0. The molecule has 0 aromatic rings. The van der Waals surface area contributed by atoms with Gasteiger partial charge in [0, 0.05) is 13.3 Å². The highest BCUT2D eigenvalue weighted by Gasteiger charge is 2.32. The van der Waals surface area contributed by atoms with Gasteiger partial charge in [0.25, 0.3) is 0 Å². The number of amides is 1. The molecule has 0 aliphatic heterocycles. The smallest absolute Gasteiger partial charge is 0.330 e. The molecule has 72 valence electrons. The molecule has 1 atom stereocenters. The molecule has 1 amide bonds. The lowest BCUT2D eigenvalue weighted by Crippen LogP contribution is -2.51. The molecule has 0 saturated heterocycles. The molecule has 0 spiro atoms. The Balaban J connectivity index is 4.58. The summed E-state index contributed by atoms with van der Waals surface area (Å²) in [6.07, 6.45) is 0.110. The van der Waals surface area contributed by atoms with Gasteiger partial charge < -0.3 is 10.4 Å². The predicted molar refractivity (Wildman–Crippen MR) is 47.9 cm³/mol. The standard InChI is InChI=1S/C9H13NO3/c1-4-5-6-9(3,8(12)13)10-7(2)11/h6H2,1-3H3,(H,10,11)(H,12,13). The van der Waals surface area contributed by atoms with Crippen LogP contribution >= 0.6 is 0 Å². The summed E-state index contributed by atoms with van der Waals surface area (Å²) in [5.41, 5.74) is -1.28. The maximum absolute atomic E-state index is 10.8. The molecular weight excluding hydrogens is 170 g/mol. The van der Waals surface area contributed by atoms with Gasteiger partial charge in [-0.05, 0) is 13.8 Å². The minimum atomic E-state index is -1.28. The third-order valence-electron chi connectivity index (χ3n) is 1.54. The fourth-order valence-electron chi connectivity index (χ4n) is 0.827. The summed E-state index contributed by atoms with van der Waals surface area (Å²) < 4.78 is 0. The first-order chi connectivity index (χ1) is 5.92. The van der Waals surface area contributed by atoms with Crippen LogP contribution in [0.5, 0.6) is 0 Å². The number of hydrogen-bond donors (Lipinski definition) is 2. The summed E-state index contributed by atoms with van der Waals surface area (Å²) in [4.78, 5) is 21.5. The summed E-state index contributed by atoms with van der Waals surface area (Å²) in [6.45, 7) is 4.33. The third kappa shape index (κ3) is 3.61. The van der Waals surface area contributed by atoms with Gasteiger partial charge in [0.1, 0.15) is 5.54 Å². The number of carboxylic acid groups (broad SMARTS) is 1. The van der Waals surface area contributed by atoms with E-state index in [1.165, 1.54) is 13.8 Å². The lowest BCUT2D eigenvalue weighted by atomic mass is 9.98. The van der Waals surface area contributed by atoms with Crippen molar-refractivity contribution in [1.29, 1.82) is 0 Å². The lowest BCUT2D eigenvalue weighted by molar-refractivity contribution is -0.146. The Morgan fingerprint density at radius 1 is 1.54 bits per heavy atom. The number of carbonyl (C=O) groups excluding carboxylic acids is 1. The monoisotopic (exact) mass is 183 g/mol. The van der Waals surface area contributed by atoms with Crippen LogP contribution in [0.25, 0.3) is 0 Å². The van der Waals surface area contributed by atoms with Crippen molar-refractivity contribution < 1.29 is 14.7 Å². The Bertz CT molecular complexity index is 274. The number of rotatable bonds is 3. The fourth-order valence-corrected chi connectivity index (χ4v) is 0.827. The van der Waals surface area contributed by atoms with Crippen LogP contribution in [-0.4, -0.2) is 22.5 Å². The molecule has 0 radical (unpaired) electrons. The molecule has 0 fully saturated rings.